The monoisotopic (exact) mass is 329 g/mol. The Kier molecular flexibility index (Phi) is 6.08. The first kappa shape index (κ1) is 17.7. The highest BCUT2D eigenvalue weighted by Gasteiger charge is 2.20. The fourth-order valence-electron chi connectivity index (χ4n) is 2.29. The van der Waals surface area contributed by atoms with E-state index in [0.29, 0.717) is 18.6 Å². The van der Waals surface area contributed by atoms with Crippen molar-refractivity contribution in [2.24, 2.45) is 0 Å². The van der Waals surface area contributed by atoms with E-state index < -0.39 is 0 Å². The molecule has 2 aromatic rings. The van der Waals surface area contributed by atoms with Gasteiger partial charge in [0.15, 0.2) is 5.69 Å². The first-order valence-electron chi connectivity index (χ1n) is 7.83. The van der Waals surface area contributed by atoms with Crippen LogP contribution in [-0.4, -0.2) is 59.8 Å². The van der Waals surface area contributed by atoms with E-state index in [2.05, 4.69) is 27.1 Å². The van der Waals surface area contributed by atoms with Crippen LogP contribution in [0.2, 0.25) is 0 Å². The molecule has 0 fully saturated rings. The van der Waals surface area contributed by atoms with Crippen molar-refractivity contribution in [1.82, 2.24) is 24.9 Å². The number of aromatic nitrogens is 2. The lowest BCUT2D eigenvalue weighted by Gasteiger charge is -2.09. The van der Waals surface area contributed by atoms with Gasteiger partial charge in [-0.1, -0.05) is 12.1 Å². The Hall–Kier alpha value is -2.67. The maximum Gasteiger partial charge on any atom is 0.287 e. The topological polar surface area (TPSA) is 78.7 Å². The lowest BCUT2D eigenvalue weighted by molar-refractivity contribution is 0.0941. The van der Waals surface area contributed by atoms with Gasteiger partial charge in [-0.2, -0.15) is 0 Å². The van der Waals surface area contributed by atoms with Gasteiger partial charge in [0.05, 0.1) is 5.52 Å². The van der Waals surface area contributed by atoms with Gasteiger partial charge in [0.1, 0.15) is 0 Å². The van der Waals surface area contributed by atoms with Crippen LogP contribution in [0.15, 0.2) is 37.1 Å². The van der Waals surface area contributed by atoms with Crippen molar-refractivity contribution < 1.29 is 9.59 Å². The highest BCUT2D eigenvalue weighted by atomic mass is 16.2. The Morgan fingerprint density at radius 1 is 1.29 bits per heavy atom. The van der Waals surface area contributed by atoms with Gasteiger partial charge in [0.25, 0.3) is 11.8 Å². The Labute approximate surface area is 141 Å². The molecule has 24 heavy (non-hydrogen) atoms. The smallest absolute Gasteiger partial charge is 0.287 e. The van der Waals surface area contributed by atoms with E-state index in [1.165, 1.54) is 0 Å². The van der Waals surface area contributed by atoms with Crippen molar-refractivity contribution in [3.8, 4) is 0 Å². The van der Waals surface area contributed by atoms with E-state index in [9.17, 15) is 9.59 Å². The maximum absolute atomic E-state index is 12.4. The largest absolute Gasteiger partial charge is 0.349 e. The predicted octanol–water partition coefficient (Wildman–Crippen LogP) is 0.932. The maximum atomic E-state index is 12.4. The molecule has 2 amide bonds. The molecule has 128 valence electrons. The van der Waals surface area contributed by atoms with Crippen LogP contribution in [-0.2, 0) is 0 Å². The van der Waals surface area contributed by atoms with Crippen molar-refractivity contribution >= 4 is 17.3 Å². The van der Waals surface area contributed by atoms with Gasteiger partial charge in [0, 0.05) is 19.3 Å². The van der Waals surface area contributed by atoms with Crippen LogP contribution in [0.3, 0.4) is 0 Å². The second-order valence-electron chi connectivity index (χ2n) is 5.65. The standard InChI is InChI=1S/C17H23N5O2/c1-4-9-18-16(23)14-13-8-5-6-12-22(13)15(20-14)17(24)19-10-7-11-21(2)3/h4-6,8,12H,1,7,9-11H2,2-3H3,(H,18,23)(H,19,24). The van der Waals surface area contributed by atoms with E-state index in [1.54, 1.807) is 34.9 Å². The van der Waals surface area contributed by atoms with Gasteiger partial charge in [-0.25, -0.2) is 4.98 Å². The second kappa shape index (κ2) is 8.26. The number of pyridine rings is 1. The molecule has 0 unspecified atom stereocenters. The molecular formula is C17H23N5O2. The third-order valence-corrected chi connectivity index (χ3v) is 3.44. The van der Waals surface area contributed by atoms with Gasteiger partial charge in [-0.3, -0.25) is 14.0 Å². The summed E-state index contributed by atoms with van der Waals surface area (Å²) >= 11 is 0. The molecule has 0 aromatic carbocycles. The quantitative estimate of drug-likeness (QED) is 0.558. The van der Waals surface area contributed by atoms with Gasteiger partial charge >= 0.3 is 0 Å². The number of carbonyl (C=O) groups excluding carboxylic acids is 2. The van der Waals surface area contributed by atoms with E-state index >= 15 is 0 Å². The minimum atomic E-state index is -0.328. The van der Waals surface area contributed by atoms with Gasteiger partial charge in [-0.05, 0) is 39.2 Å². The van der Waals surface area contributed by atoms with Crippen LogP contribution >= 0.6 is 0 Å². The van der Waals surface area contributed by atoms with Gasteiger partial charge in [0.2, 0.25) is 5.82 Å². The molecule has 0 atom stereocenters. The average Bonchev–Trinajstić information content (AvgIpc) is 2.96. The zero-order chi connectivity index (χ0) is 17.5. The highest BCUT2D eigenvalue weighted by molar-refractivity contribution is 6.02. The number of carbonyl (C=O) groups is 2. The fourth-order valence-corrected chi connectivity index (χ4v) is 2.29. The molecule has 0 bridgehead atoms. The number of amides is 2. The summed E-state index contributed by atoms with van der Waals surface area (Å²) in [5.74, 6) is -0.415. The number of nitrogens with one attached hydrogen (secondary N) is 2. The summed E-state index contributed by atoms with van der Waals surface area (Å²) in [6.45, 7) is 5.35. The fraction of sp³-hybridized carbons (Fsp3) is 0.353. The van der Waals surface area contributed by atoms with E-state index in [0.717, 1.165) is 13.0 Å². The van der Waals surface area contributed by atoms with Crippen LogP contribution in [0, 0.1) is 0 Å². The normalized spacial score (nSPS) is 10.8. The summed E-state index contributed by atoms with van der Waals surface area (Å²) < 4.78 is 1.63. The highest BCUT2D eigenvalue weighted by Crippen LogP contribution is 2.13. The van der Waals surface area contributed by atoms with E-state index in [-0.39, 0.29) is 23.3 Å². The number of fused-ring (bicyclic) bond motifs is 1. The molecule has 7 nitrogen and oxygen atoms in total. The predicted molar refractivity (Wildman–Crippen MR) is 93.2 cm³/mol. The first-order valence-corrected chi connectivity index (χ1v) is 7.83. The Morgan fingerprint density at radius 3 is 2.79 bits per heavy atom. The number of imidazole rings is 1. The molecule has 7 heteroatoms. The van der Waals surface area contributed by atoms with Crippen LogP contribution in [0.1, 0.15) is 27.5 Å². The summed E-state index contributed by atoms with van der Waals surface area (Å²) in [6.07, 6.45) is 4.16. The molecule has 0 aliphatic rings. The molecule has 0 aliphatic heterocycles. The number of hydrogen-bond donors (Lipinski definition) is 2. The van der Waals surface area contributed by atoms with Crippen molar-refractivity contribution in [1.29, 1.82) is 0 Å². The summed E-state index contributed by atoms with van der Waals surface area (Å²) in [6, 6.07) is 5.36. The summed E-state index contributed by atoms with van der Waals surface area (Å²) in [4.78, 5) is 30.9. The Bertz CT molecular complexity index is 736. The zero-order valence-electron chi connectivity index (χ0n) is 14.1. The molecule has 0 saturated heterocycles. The van der Waals surface area contributed by atoms with Crippen LogP contribution in [0.25, 0.3) is 5.52 Å². The second-order valence-corrected chi connectivity index (χ2v) is 5.65. The molecule has 2 aromatic heterocycles. The lowest BCUT2D eigenvalue weighted by Crippen LogP contribution is -2.29. The molecule has 2 rings (SSSR count). The summed E-state index contributed by atoms with van der Waals surface area (Å²) in [5.41, 5.74) is 0.827. The number of rotatable bonds is 8. The van der Waals surface area contributed by atoms with Crippen molar-refractivity contribution in [2.45, 2.75) is 6.42 Å². The Balaban J connectivity index is 2.19. The van der Waals surface area contributed by atoms with Crippen LogP contribution in [0.4, 0.5) is 0 Å². The summed E-state index contributed by atoms with van der Waals surface area (Å²) in [5, 5.41) is 5.53. The number of nitrogens with zero attached hydrogens (tertiary/aromatic N) is 3. The minimum absolute atomic E-state index is 0.208. The summed E-state index contributed by atoms with van der Waals surface area (Å²) in [7, 11) is 3.97. The molecule has 0 aliphatic carbocycles. The molecule has 0 spiro atoms. The third kappa shape index (κ3) is 4.20. The first-order chi connectivity index (χ1) is 11.5. The molecule has 0 radical (unpaired) electrons. The lowest BCUT2D eigenvalue weighted by atomic mass is 10.3. The third-order valence-electron chi connectivity index (χ3n) is 3.44. The molecular weight excluding hydrogens is 306 g/mol. The Morgan fingerprint density at radius 2 is 2.08 bits per heavy atom. The van der Waals surface area contributed by atoms with Crippen LogP contribution in [0.5, 0.6) is 0 Å². The van der Waals surface area contributed by atoms with E-state index in [4.69, 9.17) is 0 Å². The minimum Gasteiger partial charge on any atom is -0.349 e. The number of hydrogen-bond acceptors (Lipinski definition) is 4. The van der Waals surface area contributed by atoms with Crippen molar-refractivity contribution in [3.63, 3.8) is 0 Å². The molecule has 2 heterocycles. The van der Waals surface area contributed by atoms with Crippen LogP contribution < -0.4 is 10.6 Å². The average molecular weight is 329 g/mol. The zero-order valence-corrected chi connectivity index (χ0v) is 14.1. The molecule has 2 N–H and O–H groups in total. The van der Waals surface area contributed by atoms with Gasteiger partial charge in [-0.15, -0.1) is 6.58 Å². The van der Waals surface area contributed by atoms with Gasteiger partial charge < -0.3 is 15.5 Å². The van der Waals surface area contributed by atoms with E-state index in [1.807, 2.05) is 14.1 Å². The molecule has 0 saturated carbocycles. The van der Waals surface area contributed by atoms with Crippen molar-refractivity contribution in [2.75, 3.05) is 33.7 Å². The van der Waals surface area contributed by atoms with Crippen molar-refractivity contribution in [3.05, 3.63) is 48.6 Å². The SMILES string of the molecule is C=CCNC(=O)c1nc(C(=O)NCCCN(C)C)n2ccccc12.